The number of carbonyl (C=O) groups excluding carboxylic acids is 1. The zero-order valence-corrected chi connectivity index (χ0v) is 13.2. The van der Waals surface area contributed by atoms with Crippen molar-refractivity contribution in [3.63, 3.8) is 0 Å². The number of amides is 1. The van der Waals surface area contributed by atoms with Gasteiger partial charge >= 0.3 is 0 Å². The highest BCUT2D eigenvalue weighted by Crippen LogP contribution is 2.25. The quantitative estimate of drug-likeness (QED) is 0.875. The SMILES string of the molecule is CC(C)CCN(C(=O)Cc1ccc(N)cn1)C1CCCC1. The first-order valence-electron chi connectivity index (χ1n) is 8.06. The van der Waals surface area contributed by atoms with Crippen molar-refractivity contribution in [3.05, 3.63) is 24.0 Å². The van der Waals surface area contributed by atoms with Gasteiger partial charge in [0.05, 0.1) is 18.3 Å². The normalized spacial score (nSPS) is 15.6. The summed E-state index contributed by atoms with van der Waals surface area (Å²) >= 11 is 0. The summed E-state index contributed by atoms with van der Waals surface area (Å²) in [6.45, 7) is 5.29. The second kappa shape index (κ2) is 7.43. The Hall–Kier alpha value is -1.58. The summed E-state index contributed by atoms with van der Waals surface area (Å²) in [5.41, 5.74) is 7.08. The standard InChI is InChI=1S/C17H27N3O/c1-13(2)9-10-20(16-5-3-4-6-16)17(21)11-15-8-7-14(18)12-19-15/h7-8,12-13,16H,3-6,9-11,18H2,1-2H3. The van der Waals surface area contributed by atoms with E-state index in [0.29, 0.717) is 24.1 Å². The van der Waals surface area contributed by atoms with E-state index in [1.807, 2.05) is 12.1 Å². The van der Waals surface area contributed by atoms with E-state index in [-0.39, 0.29) is 5.91 Å². The molecule has 1 fully saturated rings. The molecule has 0 unspecified atom stereocenters. The van der Waals surface area contributed by atoms with Crippen molar-refractivity contribution in [3.8, 4) is 0 Å². The Morgan fingerprint density at radius 2 is 2.10 bits per heavy atom. The Balaban J connectivity index is 2.00. The second-order valence-corrected chi connectivity index (χ2v) is 6.47. The summed E-state index contributed by atoms with van der Waals surface area (Å²) in [4.78, 5) is 19.0. The molecule has 0 bridgehead atoms. The van der Waals surface area contributed by atoms with Gasteiger partial charge in [0.25, 0.3) is 0 Å². The first kappa shape index (κ1) is 15.8. The number of hydrogen-bond acceptors (Lipinski definition) is 3. The third-order valence-electron chi connectivity index (χ3n) is 4.21. The molecule has 0 spiro atoms. The van der Waals surface area contributed by atoms with E-state index >= 15 is 0 Å². The number of hydrogen-bond donors (Lipinski definition) is 1. The number of rotatable bonds is 6. The molecule has 1 aliphatic carbocycles. The molecule has 0 radical (unpaired) electrons. The first-order valence-corrected chi connectivity index (χ1v) is 8.06. The fourth-order valence-electron chi connectivity index (χ4n) is 2.92. The first-order chi connectivity index (χ1) is 10.1. The van der Waals surface area contributed by atoms with Crippen LogP contribution >= 0.6 is 0 Å². The van der Waals surface area contributed by atoms with Gasteiger partial charge in [-0.2, -0.15) is 0 Å². The van der Waals surface area contributed by atoms with Gasteiger partial charge in [-0.1, -0.05) is 26.7 Å². The third-order valence-corrected chi connectivity index (χ3v) is 4.21. The summed E-state index contributed by atoms with van der Waals surface area (Å²) in [6.07, 6.45) is 7.87. The van der Waals surface area contributed by atoms with Crippen LogP contribution in [0.3, 0.4) is 0 Å². The minimum atomic E-state index is 0.208. The van der Waals surface area contributed by atoms with Crippen LogP contribution in [-0.2, 0) is 11.2 Å². The van der Waals surface area contributed by atoms with Crippen LogP contribution in [0.1, 0.15) is 51.6 Å². The van der Waals surface area contributed by atoms with Gasteiger partial charge in [0.2, 0.25) is 5.91 Å². The van der Waals surface area contributed by atoms with E-state index in [9.17, 15) is 4.79 Å². The van der Waals surface area contributed by atoms with Gasteiger partial charge in [0.1, 0.15) is 0 Å². The van der Waals surface area contributed by atoms with E-state index in [4.69, 9.17) is 5.73 Å². The summed E-state index contributed by atoms with van der Waals surface area (Å²) < 4.78 is 0. The average molecular weight is 289 g/mol. The zero-order chi connectivity index (χ0) is 15.2. The van der Waals surface area contributed by atoms with Crippen molar-refractivity contribution >= 4 is 11.6 Å². The molecule has 1 aromatic heterocycles. The second-order valence-electron chi connectivity index (χ2n) is 6.47. The number of carbonyl (C=O) groups is 1. The minimum Gasteiger partial charge on any atom is -0.397 e. The molecule has 1 amide bonds. The summed E-state index contributed by atoms with van der Waals surface area (Å²) in [7, 11) is 0. The fraction of sp³-hybridized carbons (Fsp3) is 0.647. The molecule has 1 heterocycles. The Bertz CT molecular complexity index is 450. The average Bonchev–Trinajstić information content (AvgIpc) is 2.95. The predicted octanol–water partition coefficient (Wildman–Crippen LogP) is 3.02. The highest BCUT2D eigenvalue weighted by atomic mass is 16.2. The van der Waals surface area contributed by atoms with Gasteiger partial charge in [-0.05, 0) is 37.3 Å². The zero-order valence-electron chi connectivity index (χ0n) is 13.2. The van der Waals surface area contributed by atoms with Crippen molar-refractivity contribution in [2.24, 2.45) is 5.92 Å². The van der Waals surface area contributed by atoms with Crippen LogP contribution in [0, 0.1) is 5.92 Å². The van der Waals surface area contributed by atoms with Crippen molar-refractivity contribution in [1.82, 2.24) is 9.88 Å². The molecule has 2 rings (SSSR count). The molecule has 4 heteroatoms. The Kier molecular flexibility index (Phi) is 5.59. The van der Waals surface area contributed by atoms with Crippen LogP contribution in [0.2, 0.25) is 0 Å². The Morgan fingerprint density at radius 1 is 1.38 bits per heavy atom. The van der Waals surface area contributed by atoms with Gasteiger partial charge in [-0.15, -0.1) is 0 Å². The number of aromatic nitrogens is 1. The predicted molar refractivity (Wildman–Crippen MR) is 85.8 cm³/mol. The molecular weight excluding hydrogens is 262 g/mol. The largest absolute Gasteiger partial charge is 0.397 e. The lowest BCUT2D eigenvalue weighted by Crippen LogP contribution is -2.41. The van der Waals surface area contributed by atoms with Crippen LogP contribution in [0.25, 0.3) is 0 Å². The third kappa shape index (κ3) is 4.73. The molecule has 1 aromatic rings. The molecule has 1 aliphatic rings. The van der Waals surface area contributed by atoms with Crippen molar-refractivity contribution in [2.75, 3.05) is 12.3 Å². The molecular formula is C17H27N3O. The van der Waals surface area contributed by atoms with Crippen LogP contribution < -0.4 is 5.73 Å². The molecule has 0 aromatic carbocycles. The van der Waals surface area contributed by atoms with E-state index in [1.54, 1.807) is 6.20 Å². The number of nitrogens with zero attached hydrogens (tertiary/aromatic N) is 2. The summed E-state index contributed by atoms with van der Waals surface area (Å²) in [5.74, 6) is 0.830. The molecule has 4 nitrogen and oxygen atoms in total. The molecule has 2 N–H and O–H groups in total. The highest BCUT2D eigenvalue weighted by Gasteiger charge is 2.26. The molecule has 116 valence electrons. The van der Waals surface area contributed by atoms with Gasteiger partial charge in [0.15, 0.2) is 0 Å². The highest BCUT2D eigenvalue weighted by molar-refractivity contribution is 5.78. The van der Waals surface area contributed by atoms with Gasteiger partial charge in [-0.25, -0.2) is 0 Å². The van der Waals surface area contributed by atoms with Crippen molar-refractivity contribution < 1.29 is 4.79 Å². The maximum Gasteiger partial charge on any atom is 0.228 e. The Morgan fingerprint density at radius 3 is 2.67 bits per heavy atom. The monoisotopic (exact) mass is 289 g/mol. The maximum atomic E-state index is 12.7. The number of nitrogen functional groups attached to an aromatic ring is 1. The van der Waals surface area contributed by atoms with E-state index in [1.165, 1.54) is 12.8 Å². The number of pyridine rings is 1. The molecule has 0 aliphatic heterocycles. The fourth-order valence-corrected chi connectivity index (χ4v) is 2.92. The lowest BCUT2D eigenvalue weighted by molar-refractivity contribution is -0.133. The number of anilines is 1. The van der Waals surface area contributed by atoms with E-state index in [0.717, 1.165) is 31.5 Å². The molecule has 1 saturated carbocycles. The van der Waals surface area contributed by atoms with Crippen molar-refractivity contribution in [1.29, 1.82) is 0 Å². The van der Waals surface area contributed by atoms with Gasteiger partial charge in [-0.3, -0.25) is 9.78 Å². The number of nitrogens with two attached hydrogens (primary N) is 1. The maximum absolute atomic E-state index is 12.7. The van der Waals surface area contributed by atoms with Crippen LogP contribution in [0.15, 0.2) is 18.3 Å². The lowest BCUT2D eigenvalue weighted by atomic mass is 10.1. The van der Waals surface area contributed by atoms with Gasteiger partial charge in [0, 0.05) is 18.3 Å². The van der Waals surface area contributed by atoms with Crippen molar-refractivity contribution in [2.45, 2.75) is 58.4 Å². The summed E-state index contributed by atoms with van der Waals surface area (Å²) in [5, 5.41) is 0. The van der Waals surface area contributed by atoms with Crippen LogP contribution in [-0.4, -0.2) is 28.4 Å². The van der Waals surface area contributed by atoms with Crippen LogP contribution in [0.5, 0.6) is 0 Å². The lowest BCUT2D eigenvalue weighted by Gasteiger charge is -2.29. The summed E-state index contributed by atoms with van der Waals surface area (Å²) in [6, 6.07) is 4.09. The van der Waals surface area contributed by atoms with E-state index < -0.39 is 0 Å². The molecule has 0 atom stereocenters. The van der Waals surface area contributed by atoms with Crippen LogP contribution in [0.4, 0.5) is 5.69 Å². The topological polar surface area (TPSA) is 59.2 Å². The smallest absolute Gasteiger partial charge is 0.228 e. The molecule has 21 heavy (non-hydrogen) atoms. The van der Waals surface area contributed by atoms with Gasteiger partial charge < -0.3 is 10.6 Å². The Labute approximate surface area is 127 Å². The minimum absolute atomic E-state index is 0.208. The van der Waals surface area contributed by atoms with E-state index in [2.05, 4.69) is 23.7 Å². The molecule has 0 saturated heterocycles.